The molecule has 0 spiro atoms. The van der Waals surface area contributed by atoms with Gasteiger partial charge in [0.2, 0.25) is 0 Å². The van der Waals surface area contributed by atoms with Crippen molar-refractivity contribution in [3.63, 3.8) is 0 Å². The number of rotatable bonds is 5. The standard InChI is InChI=1S/C22H24O2/c1-22(2,3)16-24-20-14-13-18-11-7-8-12-19(18)21(20)23-15-17-9-5-4-6-10-17/h4-14H,15-16H2,1-3H3. The van der Waals surface area contributed by atoms with E-state index in [2.05, 4.69) is 51.1 Å². The third kappa shape index (κ3) is 4.08. The molecule has 24 heavy (non-hydrogen) atoms. The second-order valence-electron chi connectivity index (χ2n) is 7.24. The molecule has 0 saturated carbocycles. The van der Waals surface area contributed by atoms with Gasteiger partial charge in [-0.25, -0.2) is 0 Å². The van der Waals surface area contributed by atoms with Gasteiger partial charge in [-0.1, -0.05) is 81.4 Å². The first kappa shape index (κ1) is 16.4. The predicted molar refractivity (Wildman–Crippen MR) is 99.7 cm³/mol. The van der Waals surface area contributed by atoms with Gasteiger partial charge in [-0.2, -0.15) is 0 Å². The van der Waals surface area contributed by atoms with Crippen molar-refractivity contribution in [1.82, 2.24) is 0 Å². The normalized spacial score (nSPS) is 11.5. The minimum atomic E-state index is 0.0995. The van der Waals surface area contributed by atoms with Crippen molar-refractivity contribution >= 4 is 10.8 Å². The molecule has 0 aliphatic rings. The van der Waals surface area contributed by atoms with Crippen LogP contribution in [0.15, 0.2) is 66.7 Å². The minimum Gasteiger partial charge on any atom is -0.489 e. The fourth-order valence-corrected chi connectivity index (χ4v) is 2.51. The zero-order chi connectivity index (χ0) is 17.0. The second kappa shape index (κ2) is 6.96. The highest BCUT2D eigenvalue weighted by Crippen LogP contribution is 2.37. The zero-order valence-electron chi connectivity index (χ0n) is 14.6. The van der Waals surface area contributed by atoms with Gasteiger partial charge in [-0.15, -0.1) is 0 Å². The number of hydrogen-bond donors (Lipinski definition) is 0. The lowest BCUT2D eigenvalue weighted by molar-refractivity contribution is 0.187. The summed E-state index contributed by atoms with van der Waals surface area (Å²) in [7, 11) is 0. The third-order valence-corrected chi connectivity index (χ3v) is 3.73. The van der Waals surface area contributed by atoms with Crippen LogP contribution in [0.1, 0.15) is 26.3 Å². The summed E-state index contributed by atoms with van der Waals surface area (Å²) in [5, 5.41) is 2.24. The van der Waals surface area contributed by atoms with E-state index in [0.29, 0.717) is 13.2 Å². The molecule has 0 amide bonds. The summed E-state index contributed by atoms with van der Waals surface area (Å²) in [6.07, 6.45) is 0. The average Bonchev–Trinajstić information content (AvgIpc) is 2.58. The highest BCUT2D eigenvalue weighted by Gasteiger charge is 2.15. The van der Waals surface area contributed by atoms with Crippen molar-refractivity contribution in [3.8, 4) is 11.5 Å². The molecule has 0 N–H and O–H groups in total. The molecule has 0 atom stereocenters. The van der Waals surface area contributed by atoms with E-state index in [4.69, 9.17) is 9.47 Å². The smallest absolute Gasteiger partial charge is 0.169 e. The van der Waals surface area contributed by atoms with Gasteiger partial charge >= 0.3 is 0 Å². The number of hydrogen-bond acceptors (Lipinski definition) is 2. The largest absolute Gasteiger partial charge is 0.489 e. The van der Waals surface area contributed by atoms with E-state index >= 15 is 0 Å². The van der Waals surface area contributed by atoms with E-state index in [-0.39, 0.29) is 5.41 Å². The second-order valence-corrected chi connectivity index (χ2v) is 7.24. The van der Waals surface area contributed by atoms with Crippen molar-refractivity contribution in [2.45, 2.75) is 27.4 Å². The fourth-order valence-electron chi connectivity index (χ4n) is 2.51. The summed E-state index contributed by atoms with van der Waals surface area (Å²) in [6, 6.07) is 22.6. The van der Waals surface area contributed by atoms with Crippen LogP contribution in [0.3, 0.4) is 0 Å². The first-order valence-corrected chi connectivity index (χ1v) is 8.34. The van der Waals surface area contributed by atoms with Gasteiger partial charge < -0.3 is 9.47 Å². The van der Waals surface area contributed by atoms with Crippen molar-refractivity contribution in [2.24, 2.45) is 5.41 Å². The maximum Gasteiger partial charge on any atom is 0.169 e. The maximum absolute atomic E-state index is 6.18. The molecule has 0 bridgehead atoms. The van der Waals surface area contributed by atoms with Gasteiger partial charge in [-0.3, -0.25) is 0 Å². The molecular formula is C22H24O2. The van der Waals surface area contributed by atoms with E-state index in [1.54, 1.807) is 0 Å². The molecule has 0 aromatic heterocycles. The Bertz CT molecular complexity index is 801. The number of benzene rings is 3. The molecule has 0 unspecified atom stereocenters. The Morgan fingerprint density at radius 3 is 2.21 bits per heavy atom. The average molecular weight is 320 g/mol. The summed E-state index contributed by atoms with van der Waals surface area (Å²) in [5.41, 5.74) is 1.25. The van der Waals surface area contributed by atoms with Crippen LogP contribution in [0.2, 0.25) is 0 Å². The Balaban J connectivity index is 1.91. The molecule has 0 radical (unpaired) electrons. The first-order chi connectivity index (χ1) is 11.5. The van der Waals surface area contributed by atoms with Gasteiger partial charge in [0, 0.05) is 5.39 Å². The summed E-state index contributed by atoms with van der Waals surface area (Å²) in [4.78, 5) is 0. The van der Waals surface area contributed by atoms with E-state index < -0.39 is 0 Å². The summed E-state index contributed by atoms with van der Waals surface area (Å²) in [6.45, 7) is 7.67. The van der Waals surface area contributed by atoms with Gasteiger partial charge in [0.15, 0.2) is 11.5 Å². The number of fused-ring (bicyclic) bond motifs is 1. The molecule has 0 aliphatic carbocycles. The lowest BCUT2D eigenvalue weighted by atomic mass is 9.98. The summed E-state index contributed by atoms with van der Waals surface area (Å²) in [5.74, 6) is 1.63. The zero-order valence-corrected chi connectivity index (χ0v) is 14.6. The maximum atomic E-state index is 6.18. The van der Waals surface area contributed by atoms with Crippen LogP contribution in [0, 0.1) is 5.41 Å². The van der Waals surface area contributed by atoms with Crippen LogP contribution in [-0.4, -0.2) is 6.61 Å². The molecule has 2 heteroatoms. The van der Waals surface area contributed by atoms with Crippen LogP contribution in [0.4, 0.5) is 0 Å². The molecule has 124 valence electrons. The lowest BCUT2D eigenvalue weighted by Crippen LogP contribution is -2.17. The Morgan fingerprint density at radius 1 is 0.750 bits per heavy atom. The van der Waals surface area contributed by atoms with Gasteiger partial charge in [0.25, 0.3) is 0 Å². The van der Waals surface area contributed by atoms with Crippen molar-refractivity contribution in [1.29, 1.82) is 0 Å². The van der Waals surface area contributed by atoms with Crippen LogP contribution >= 0.6 is 0 Å². The predicted octanol–water partition coefficient (Wildman–Crippen LogP) is 5.84. The molecule has 3 rings (SSSR count). The SMILES string of the molecule is CC(C)(C)COc1ccc2ccccc2c1OCc1ccccc1. The van der Waals surface area contributed by atoms with Crippen molar-refractivity contribution in [3.05, 3.63) is 72.3 Å². The molecule has 3 aromatic rings. The fraction of sp³-hybridized carbons (Fsp3) is 0.273. The monoisotopic (exact) mass is 320 g/mol. The first-order valence-electron chi connectivity index (χ1n) is 8.34. The molecule has 0 heterocycles. The van der Waals surface area contributed by atoms with Gasteiger partial charge in [-0.05, 0) is 22.4 Å². The van der Waals surface area contributed by atoms with Crippen molar-refractivity contribution in [2.75, 3.05) is 6.61 Å². The van der Waals surface area contributed by atoms with Gasteiger partial charge in [0.05, 0.1) is 6.61 Å². The molecular weight excluding hydrogens is 296 g/mol. The topological polar surface area (TPSA) is 18.5 Å². The summed E-state index contributed by atoms with van der Waals surface area (Å²) < 4.78 is 12.2. The Morgan fingerprint density at radius 2 is 1.46 bits per heavy atom. The molecule has 2 nitrogen and oxygen atoms in total. The number of ether oxygens (including phenoxy) is 2. The molecule has 3 aromatic carbocycles. The summed E-state index contributed by atoms with van der Waals surface area (Å²) >= 11 is 0. The van der Waals surface area contributed by atoms with E-state index in [9.17, 15) is 0 Å². The molecule has 0 saturated heterocycles. The highest BCUT2D eigenvalue weighted by molar-refractivity contribution is 5.90. The Hall–Kier alpha value is -2.48. The van der Waals surface area contributed by atoms with Crippen LogP contribution in [0.25, 0.3) is 10.8 Å². The van der Waals surface area contributed by atoms with E-state index in [1.165, 1.54) is 0 Å². The van der Waals surface area contributed by atoms with E-state index in [1.807, 2.05) is 36.4 Å². The Kier molecular flexibility index (Phi) is 4.75. The third-order valence-electron chi connectivity index (χ3n) is 3.73. The quantitative estimate of drug-likeness (QED) is 0.587. The van der Waals surface area contributed by atoms with E-state index in [0.717, 1.165) is 27.8 Å². The molecule has 0 fully saturated rings. The van der Waals surface area contributed by atoms with Crippen LogP contribution in [-0.2, 0) is 6.61 Å². The van der Waals surface area contributed by atoms with Crippen LogP contribution in [0.5, 0.6) is 11.5 Å². The van der Waals surface area contributed by atoms with Crippen LogP contribution < -0.4 is 9.47 Å². The van der Waals surface area contributed by atoms with Gasteiger partial charge in [0.1, 0.15) is 6.61 Å². The van der Waals surface area contributed by atoms with Crippen molar-refractivity contribution < 1.29 is 9.47 Å². The molecule has 0 aliphatic heterocycles. The Labute approximate surface area is 144 Å². The lowest BCUT2D eigenvalue weighted by Gasteiger charge is -2.21. The minimum absolute atomic E-state index is 0.0995. The highest BCUT2D eigenvalue weighted by atomic mass is 16.5.